The van der Waals surface area contributed by atoms with Gasteiger partial charge in [-0.25, -0.2) is 19.6 Å². The maximum Gasteiger partial charge on any atom is 0.356 e. The summed E-state index contributed by atoms with van der Waals surface area (Å²) in [6, 6.07) is 0. The van der Waals surface area contributed by atoms with E-state index in [1.807, 2.05) is 0 Å². The highest BCUT2D eigenvalue weighted by atomic mass is 32.2. The molecule has 0 saturated carbocycles. The van der Waals surface area contributed by atoms with Gasteiger partial charge in [-0.15, -0.1) is 0 Å². The molecule has 2 aromatic heterocycles. The lowest BCUT2D eigenvalue weighted by molar-refractivity contribution is -0.113. The first kappa shape index (κ1) is 18.9. The summed E-state index contributed by atoms with van der Waals surface area (Å²) in [5.74, 6) is -1.25. The quantitative estimate of drug-likeness (QED) is 0.548. The Morgan fingerprint density at radius 2 is 2.12 bits per heavy atom. The van der Waals surface area contributed by atoms with Crippen LogP contribution in [0.2, 0.25) is 0 Å². The number of nitrogens with zero attached hydrogens (tertiary/aromatic N) is 2. The number of aryl methyl sites for hydroxylation is 1. The van der Waals surface area contributed by atoms with Crippen LogP contribution >= 0.6 is 23.1 Å². The van der Waals surface area contributed by atoms with Crippen LogP contribution in [0.1, 0.15) is 32.8 Å². The fourth-order valence-corrected chi connectivity index (χ4v) is 3.26. The maximum atomic E-state index is 12.0. The highest BCUT2D eigenvalue weighted by Crippen LogP contribution is 2.23. The highest BCUT2D eigenvalue weighted by molar-refractivity contribution is 7.99. The molecule has 0 aliphatic rings. The topological polar surface area (TPSA) is 123 Å². The second-order valence-electron chi connectivity index (χ2n) is 4.58. The lowest BCUT2D eigenvalue weighted by Crippen LogP contribution is -2.14. The van der Waals surface area contributed by atoms with Crippen LogP contribution in [0.4, 0.5) is 5.13 Å². The number of ether oxygens (including phenoxy) is 2. The average molecular weight is 384 g/mol. The van der Waals surface area contributed by atoms with Crippen molar-refractivity contribution in [2.24, 2.45) is 0 Å². The molecule has 0 fully saturated rings. The molecule has 0 aliphatic heterocycles. The Kier molecular flexibility index (Phi) is 6.53. The molecule has 9 nitrogen and oxygen atoms in total. The molecule has 1 amide bonds. The van der Waals surface area contributed by atoms with E-state index < -0.39 is 11.9 Å². The number of carbonyl (C=O) groups excluding carboxylic acids is 3. The Morgan fingerprint density at radius 3 is 2.80 bits per heavy atom. The first-order valence-electron chi connectivity index (χ1n) is 7.15. The van der Waals surface area contributed by atoms with Crippen molar-refractivity contribution in [1.29, 1.82) is 0 Å². The minimum absolute atomic E-state index is 0.0575. The molecule has 0 aliphatic carbocycles. The van der Waals surface area contributed by atoms with Crippen molar-refractivity contribution in [2.75, 3.05) is 24.8 Å². The van der Waals surface area contributed by atoms with Gasteiger partial charge in [0, 0.05) is 0 Å². The van der Waals surface area contributed by atoms with E-state index in [9.17, 15) is 14.4 Å². The molecule has 11 heteroatoms. The number of thioether (sulfide) groups is 1. The molecule has 2 heterocycles. The van der Waals surface area contributed by atoms with E-state index in [4.69, 9.17) is 4.74 Å². The van der Waals surface area contributed by atoms with Gasteiger partial charge in [-0.05, 0) is 13.8 Å². The van der Waals surface area contributed by atoms with Gasteiger partial charge in [-0.1, -0.05) is 23.1 Å². The summed E-state index contributed by atoms with van der Waals surface area (Å²) < 4.78 is 9.49. The van der Waals surface area contributed by atoms with Gasteiger partial charge >= 0.3 is 11.9 Å². The number of carbonyl (C=O) groups is 3. The Bertz CT molecular complexity index is 786. The zero-order valence-corrected chi connectivity index (χ0v) is 15.4. The number of aromatic nitrogens is 3. The van der Waals surface area contributed by atoms with Gasteiger partial charge in [-0.2, -0.15) is 0 Å². The van der Waals surface area contributed by atoms with Crippen molar-refractivity contribution >= 4 is 46.1 Å². The predicted octanol–water partition coefficient (Wildman–Crippen LogP) is 1.87. The van der Waals surface area contributed by atoms with Crippen molar-refractivity contribution < 1.29 is 23.9 Å². The lowest BCUT2D eigenvalue weighted by Gasteiger charge is -2.00. The van der Waals surface area contributed by atoms with Crippen LogP contribution in [0.15, 0.2) is 11.4 Å². The second-order valence-corrected chi connectivity index (χ2v) is 6.55. The smallest absolute Gasteiger partial charge is 0.356 e. The van der Waals surface area contributed by atoms with Gasteiger partial charge in [0.2, 0.25) is 5.91 Å². The second kappa shape index (κ2) is 8.62. The van der Waals surface area contributed by atoms with E-state index in [0.717, 1.165) is 23.1 Å². The molecular weight excluding hydrogens is 368 g/mol. The summed E-state index contributed by atoms with van der Waals surface area (Å²) in [5, 5.41) is 3.34. The van der Waals surface area contributed by atoms with Crippen LogP contribution in [0, 0.1) is 6.92 Å². The minimum atomic E-state index is -0.500. The fourth-order valence-electron chi connectivity index (χ4n) is 1.71. The number of hydrogen-bond donors (Lipinski definition) is 2. The number of nitrogens with one attached hydrogen (secondary N) is 2. The summed E-state index contributed by atoms with van der Waals surface area (Å²) in [5.41, 5.74) is 0.716. The summed E-state index contributed by atoms with van der Waals surface area (Å²) in [7, 11) is 1.28. The van der Waals surface area contributed by atoms with Crippen LogP contribution < -0.4 is 5.32 Å². The van der Waals surface area contributed by atoms with Gasteiger partial charge in [0.25, 0.3) is 0 Å². The molecule has 0 unspecified atom stereocenters. The van der Waals surface area contributed by atoms with Crippen LogP contribution in [0.3, 0.4) is 0 Å². The molecule has 2 aromatic rings. The van der Waals surface area contributed by atoms with Crippen LogP contribution in [0.5, 0.6) is 0 Å². The lowest BCUT2D eigenvalue weighted by atomic mass is 10.4. The van der Waals surface area contributed by atoms with E-state index in [-0.39, 0.29) is 24.0 Å². The number of aromatic amines is 1. The molecule has 25 heavy (non-hydrogen) atoms. The summed E-state index contributed by atoms with van der Waals surface area (Å²) in [6.07, 6.45) is 1.35. The fraction of sp³-hybridized carbons (Fsp3) is 0.357. The molecule has 0 spiro atoms. The number of amides is 1. The van der Waals surface area contributed by atoms with Crippen molar-refractivity contribution in [3.05, 3.63) is 22.5 Å². The zero-order chi connectivity index (χ0) is 18.4. The average Bonchev–Trinajstić information content (AvgIpc) is 3.19. The van der Waals surface area contributed by atoms with Crippen molar-refractivity contribution in [2.45, 2.75) is 19.0 Å². The minimum Gasteiger partial charge on any atom is -0.465 e. The maximum absolute atomic E-state index is 12.0. The molecule has 2 rings (SSSR count). The summed E-state index contributed by atoms with van der Waals surface area (Å²) >= 11 is 2.17. The molecular formula is C14H16N4O5S2. The van der Waals surface area contributed by atoms with Gasteiger partial charge in [0.1, 0.15) is 10.6 Å². The van der Waals surface area contributed by atoms with Crippen molar-refractivity contribution in [3.63, 3.8) is 0 Å². The predicted molar refractivity (Wildman–Crippen MR) is 92.1 cm³/mol. The van der Waals surface area contributed by atoms with Crippen LogP contribution in [-0.4, -0.2) is 52.3 Å². The largest absolute Gasteiger partial charge is 0.465 e. The van der Waals surface area contributed by atoms with Gasteiger partial charge < -0.3 is 19.8 Å². The third kappa shape index (κ3) is 5.03. The number of methoxy groups -OCH3 is 1. The summed E-state index contributed by atoms with van der Waals surface area (Å²) in [6.45, 7) is 3.64. The first-order valence-corrected chi connectivity index (χ1v) is 8.95. The highest BCUT2D eigenvalue weighted by Gasteiger charge is 2.17. The Morgan fingerprint density at radius 1 is 1.36 bits per heavy atom. The van der Waals surface area contributed by atoms with Gasteiger partial charge in [-0.3, -0.25) is 4.79 Å². The van der Waals surface area contributed by atoms with Crippen LogP contribution in [0.25, 0.3) is 0 Å². The Labute approximate surface area is 151 Å². The van der Waals surface area contributed by atoms with Crippen LogP contribution in [-0.2, 0) is 14.3 Å². The number of hydrogen-bond acceptors (Lipinski definition) is 9. The number of anilines is 1. The number of imidazole rings is 1. The standard InChI is InChI=1S/C14H16N4O5S2/c1-4-23-11(20)8-5-15-13(17-8)24-6-9(19)18-14-16-7(2)10(25-14)12(21)22-3/h5H,4,6H2,1-3H3,(H,15,17)(H,16,18,19). The van der Waals surface area contributed by atoms with Gasteiger partial charge in [0.15, 0.2) is 10.3 Å². The number of esters is 2. The van der Waals surface area contributed by atoms with E-state index >= 15 is 0 Å². The van der Waals surface area contributed by atoms with Gasteiger partial charge in [0.05, 0.1) is 31.4 Å². The number of thiazole rings is 1. The van der Waals surface area contributed by atoms with E-state index in [2.05, 4.69) is 25.0 Å². The van der Waals surface area contributed by atoms with E-state index in [1.165, 1.54) is 13.3 Å². The van der Waals surface area contributed by atoms with Crippen molar-refractivity contribution in [3.8, 4) is 0 Å². The first-order chi connectivity index (χ1) is 11.9. The molecule has 134 valence electrons. The third-order valence-corrected chi connectivity index (χ3v) is 4.74. The molecule has 2 N–H and O–H groups in total. The normalized spacial score (nSPS) is 10.4. The Hall–Kier alpha value is -2.40. The van der Waals surface area contributed by atoms with Crippen molar-refractivity contribution in [1.82, 2.24) is 15.0 Å². The molecule has 0 radical (unpaired) electrons. The van der Waals surface area contributed by atoms with E-state index in [1.54, 1.807) is 13.8 Å². The third-order valence-electron chi connectivity index (χ3n) is 2.80. The molecule has 0 aromatic carbocycles. The molecule has 0 saturated heterocycles. The Balaban J connectivity index is 1.89. The monoisotopic (exact) mass is 384 g/mol. The summed E-state index contributed by atoms with van der Waals surface area (Å²) in [4.78, 5) is 46.3. The number of H-pyrrole nitrogens is 1. The molecule has 0 atom stereocenters. The number of rotatable bonds is 7. The zero-order valence-electron chi connectivity index (χ0n) is 13.7. The van der Waals surface area contributed by atoms with E-state index in [0.29, 0.717) is 20.9 Å². The SMILES string of the molecule is CCOC(=O)c1cnc(SCC(=O)Nc2nc(C)c(C(=O)OC)s2)[nH]1. The molecule has 0 bridgehead atoms.